The highest BCUT2D eigenvalue weighted by molar-refractivity contribution is 5.76. The van der Waals surface area contributed by atoms with Crippen molar-refractivity contribution in [2.24, 2.45) is 0 Å². The maximum atomic E-state index is 11.3. The number of benzene rings is 1. The zero-order valence-electron chi connectivity index (χ0n) is 11.5. The van der Waals surface area contributed by atoms with Crippen molar-refractivity contribution in [1.29, 1.82) is 0 Å². The highest BCUT2D eigenvalue weighted by Crippen LogP contribution is 2.23. The number of nitrogens with one attached hydrogen (secondary N) is 1. The van der Waals surface area contributed by atoms with E-state index in [1.165, 1.54) is 0 Å². The van der Waals surface area contributed by atoms with Crippen LogP contribution in [0.15, 0.2) is 18.2 Å². The van der Waals surface area contributed by atoms with Crippen molar-refractivity contribution in [2.75, 3.05) is 6.61 Å². The number of aromatic amines is 1. The van der Waals surface area contributed by atoms with E-state index in [1.54, 1.807) is 25.1 Å². The smallest absolute Gasteiger partial charge is 0.308 e. The van der Waals surface area contributed by atoms with Crippen molar-refractivity contribution in [3.63, 3.8) is 0 Å². The number of ether oxygens (including phenoxy) is 1. The minimum atomic E-state index is -1.20. The summed E-state index contributed by atoms with van der Waals surface area (Å²) >= 11 is 0. The first kappa shape index (κ1) is 14.5. The summed E-state index contributed by atoms with van der Waals surface area (Å²) in [4.78, 5) is 18.6. The lowest BCUT2D eigenvalue weighted by molar-refractivity contribution is -0.147. The molecule has 0 bridgehead atoms. The van der Waals surface area contributed by atoms with Gasteiger partial charge in [-0.3, -0.25) is 4.79 Å². The lowest BCUT2D eigenvalue weighted by Gasteiger charge is -2.17. The Hall–Kier alpha value is -1.92. The lowest BCUT2D eigenvalue weighted by atomic mass is 10.0. The summed E-state index contributed by atoms with van der Waals surface area (Å²) in [5.41, 5.74) is 2.10. The van der Waals surface area contributed by atoms with Crippen molar-refractivity contribution in [3.8, 4) is 0 Å². The van der Waals surface area contributed by atoms with Crippen molar-refractivity contribution in [1.82, 2.24) is 9.97 Å². The second-order valence-corrected chi connectivity index (χ2v) is 4.62. The van der Waals surface area contributed by atoms with Gasteiger partial charge in [-0.25, -0.2) is 4.98 Å². The molecule has 0 amide bonds. The van der Waals surface area contributed by atoms with E-state index in [4.69, 9.17) is 4.74 Å². The van der Waals surface area contributed by atoms with Gasteiger partial charge in [0.25, 0.3) is 0 Å². The molecule has 2 rings (SSSR count). The Labute approximate surface area is 116 Å². The average molecular weight is 278 g/mol. The Balaban J connectivity index is 2.13. The van der Waals surface area contributed by atoms with E-state index in [0.717, 1.165) is 16.9 Å². The Morgan fingerprint density at radius 1 is 1.45 bits per heavy atom. The van der Waals surface area contributed by atoms with Crippen LogP contribution in [0.1, 0.15) is 30.8 Å². The molecule has 20 heavy (non-hydrogen) atoms. The Kier molecular flexibility index (Phi) is 4.36. The highest BCUT2D eigenvalue weighted by Gasteiger charge is 2.22. The molecule has 3 N–H and O–H groups in total. The highest BCUT2D eigenvalue weighted by atomic mass is 16.5. The molecule has 6 nitrogen and oxygen atoms in total. The molecule has 0 spiro atoms. The topological polar surface area (TPSA) is 95.4 Å². The zero-order valence-corrected chi connectivity index (χ0v) is 11.5. The van der Waals surface area contributed by atoms with Gasteiger partial charge >= 0.3 is 5.97 Å². The van der Waals surface area contributed by atoms with E-state index in [0.29, 0.717) is 5.56 Å². The maximum absolute atomic E-state index is 11.3. The quantitative estimate of drug-likeness (QED) is 0.715. The molecule has 2 atom stereocenters. The van der Waals surface area contributed by atoms with E-state index in [1.807, 2.05) is 6.92 Å². The molecule has 2 aromatic rings. The number of aliphatic hydroxyl groups excluding tert-OH is 2. The number of nitrogens with zero attached hydrogens (tertiary/aromatic N) is 1. The van der Waals surface area contributed by atoms with E-state index in [9.17, 15) is 15.0 Å². The van der Waals surface area contributed by atoms with Crippen molar-refractivity contribution >= 4 is 17.0 Å². The van der Waals surface area contributed by atoms with E-state index in [2.05, 4.69) is 9.97 Å². The normalized spacial score (nSPS) is 14.2. The molecule has 108 valence electrons. The molecule has 0 fully saturated rings. The Morgan fingerprint density at radius 2 is 2.20 bits per heavy atom. The second kappa shape index (κ2) is 6.02. The predicted octanol–water partition coefficient (Wildman–Crippen LogP) is 1.22. The van der Waals surface area contributed by atoms with Gasteiger partial charge in [0.1, 0.15) is 11.9 Å². The van der Waals surface area contributed by atoms with Crippen LogP contribution in [0.4, 0.5) is 0 Å². The standard InChI is InChI=1S/C14H18N2O4/c1-3-20-13(18)7-12(17)14(19)9-4-5-10-11(6-9)16-8(2)15-10/h4-6,12,14,17,19H,3,7H2,1-2H3,(H,15,16). The van der Waals surface area contributed by atoms with Gasteiger partial charge in [0.15, 0.2) is 0 Å². The summed E-state index contributed by atoms with van der Waals surface area (Å²) in [6.07, 6.45) is -2.59. The van der Waals surface area contributed by atoms with Crippen LogP contribution >= 0.6 is 0 Å². The van der Waals surface area contributed by atoms with Gasteiger partial charge in [-0.15, -0.1) is 0 Å². The van der Waals surface area contributed by atoms with Crippen LogP contribution in [0, 0.1) is 6.92 Å². The van der Waals surface area contributed by atoms with Gasteiger partial charge in [0.2, 0.25) is 0 Å². The molecule has 0 aliphatic carbocycles. The Morgan fingerprint density at radius 3 is 2.90 bits per heavy atom. The third kappa shape index (κ3) is 3.15. The monoisotopic (exact) mass is 278 g/mol. The Bertz CT molecular complexity index is 608. The fraction of sp³-hybridized carbons (Fsp3) is 0.429. The maximum Gasteiger partial charge on any atom is 0.308 e. The number of H-pyrrole nitrogens is 1. The van der Waals surface area contributed by atoms with Crippen LogP contribution in [0.3, 0.4) is 0 Å². The number of aromatic nitrogens is 2. The fourth-order valence-electron chi connectivity index (χ4n) is 2.06. The molecule has 1 heterocycles. The minimum absolute atomic E-state index is 0.241. The lowest BCUT2D eigenvalue weighted by Crippen LogP contribution is -2.23. The van der Waals surface area contributed by atoms with Crippen LogP contribution < -0.4 is 0 Å². The number of hydrogen-bond acceptors (Lipinski definition) is 5. The molecule has 0 saturated heterocycles. The molecule has 0 saturated carbocycles. The number of rotatable bonds is 5. The van der Waals surface area contributed by atoms with Crippen LogP contribution in [0.2, 0.25) is 0 Å². The van der Waals surface area contributed by atoms with Gasteiger partial charge < -0.3 is 19.9 Å². The molecular weight excluding hydrogens is 260 g/mol. The number of carbonyl (C=O) groups is 1. The SMILES string of the molecule is CCOC(=O)CC(O)C(O)c1ccc2nc(C)[nH]c2c1. The molecule has 0 aliphatic heterocycles. The average Bonchev–Trinajstić information content (AvgIpc) is 2.76. The summed E-state index contributed by atoms with van der Waals surface area (Å²) in [7, 11) is 0. The van der Waals surface area contributed by atoms with Gasteiger partial charge in [-0.1, -0.05) is 6.07 Å². The number of esters is 1. The van der Waals surface area contributed by atoms with Gasteiger partial charge in [-0.05, 0) is 31.5 Å². The molecule has 1 aromatic heterocycles. The zero-order chi connectivity index (χ0) is 14.7. The summed E-state index contributed by atoms with van der Waals surface area (Å²) in [6, 6.07) is 5.16. The summed E-state index contributed by atoms with van der Waals surface area (Å²) in [5.74, 6) is 0.247. The van der Waals surface area contributed by atoms with Crippen LogP contribution in [-0.4, -0.2) is 38.9 Å². The molecular formula is C14H18N2O4. The predicted molar refractivity (Wildman–Crippen MR) is 73.0 cm³/mol. The van der Waals surface area contributed by atoms with E-state index >= 15 is 0 Å². The van der Waals surface area contributed by atoms with Crippen LogP contribution in [0.5, 0.6) is 0 Å². The third-order valence-corrected chi connectivity index (χ3v) is 3.01. The minimum Gasteiger partial charge on any atom is -0.466 e. The molecule has 0 radical (unpaired) electrons. The number of hydrogen-bond donors (Lipinski definition) is 3. The molecule has 2 unspecified atom stereocenters. The van der Waals surface area contributed by atoms with Gasteiger partial charge in [0.05, 0.1) is 30.2 Å². The molecule has 6 heteroatoms. The largest absolute Gasteiger partial charge is 0.466 e. The number of carbonyl (C=O) groups excluding carboxylic acids is 1. The summed E-state index contributed by atoms with van der Waals surface area (Å²) < 4.78 is 4.75. The number of fused-ring (bicyclic) bond motifs is 1. The van der Waals surface area contributed by atoms with E-state index < -0.39 is 18.2 Å². The first-order valence-electron chi connectivity index (χ1n) is 6.49. The third-order valence-electron chi connectivity index (χ3n) is 3.01. The number of aryl methyl sites for hydroxylation is 1. The van der Waals surface area contributed by atoms with Crippen molar-refractivity contribution < 1.29 is 19.7 Å². The van der Waals surface area contributed by atoms with Crippen molar-refractivity contribution in [2.45, 2.75) is 32.5 Å². The molecule has 1 aromatic carbocycles. The van der Waals surface area contributed by atoms with Crippen LogP contribution in [0.25, 0.3) is 11.0 Å². The van der Waals surface area contributed by atoms with Gasteiger partial charge in [0, 0.05) is 0 Å². The van der Waals surface area contributed by atoms with Crippen LogP contribution in [-0.2, 0) is 9.53 Å². The first-order valence-corrected chi connectivity index (χ1v) is 6.49. The molecule has 0 aliphatic rings. The summed E-state index contributed by atoms with van der Waals surface area (Å²) in [6.45, 7) is 3.78. The first-order chi connectivity index (χ1) is 9.51. The summed E-state index contributed by atoms with van der Waals surface area (Å²) in [5, 5.41) is 19.9. The second-order valence-electron chi connectivity index (χ2n) is 4.62. The van der Waals surface area contributed by atoms with Gasteiger partial charge in [-0.2, -0.15) is 0 Å². The number of aliphatic hydroxyl groups is 2. The fourth-order valence-corrected chi connectivity index (χ4v) is 2.06. The van der Waals surface area contributed by atoms with Crippen molar-refractivity contribution in [3.05, 3.63) is 29.6 Å². The van der Waals surface area contributed by atoms with E-state index in [-0.39, 0.29) is 13.0 Å². The number of imidazole rings is 1.